The standard InChI is InChI=1S/C11H25NO/c1-9(2)11(13,8-12)7-6-10(3,4)5/h9,13H,6-8,12H2,1-5H3. The summed E-state index contributed by atoms with van der Waals surface area (Å²) in [5.41, 5.74) is 5.19. The van der Waals surface area contributed by atoms with E-state index in [9.17, 15) is 5.11 Å². The van der Waals surface area contributed by atoms with Crippen molar-refractivity contribution in [1.82, 2.24) is 0 Å². The van der Waals surface area contributed by atoms with Gasteiger partial charge in [0.05, 0.1) is 5.60 Å². The van der Waals surface area contributed by atoms with E-state index in [2.05, 4.69) is 20.8 Å². The molecule has 2 heteroatoms. The van der Waals surface area contributed by atoms with Gasteiger partial charge in [0.25, 0.3) is 0 Å². The molecule has 80 valence electrons. The van der Waals surface area contributed by atoms with E-state index in [-0.39, 0.29) is 11.3 Å². The molecular weight excluding hydrogens is 162 g/mol. The minimum Gasteiger partial charge on any atom is -0.388 e. The summed E-state index contributed by atoms with van der Waals surface area (Å²) in [5.74, 6) is 0.236. The van der Waals surface area contributed by atoms with Crippen LogP contribution in [0.1, 0.15) is 47.5 Å². The summed E-state index contributed by atoms with van der Waals surface area (Å²) < 4.78 is 0. The highest BCUT2D eigenvalue weighted by Gasteiger charge is 2.30. The Hall–Kier alpha value is -0.0800. The van der Waals surface area contributed by atoms with Gasteiger partial charge < -0.3 is 10.8 Å². The molecule has 2 nitrogen and oxygen atoms in total. The van der Waals surface area contributed by atoms with Gasteiger partial charge in [0.2, 0.25) is 0 Å². The lowest BCUT2D eigenvalue weighted by Gasteiger charge is -2.33. The predicted molar refractivity (Wildman–Crippen MR) is 57.5 cm³/mol. The normalized spacial score (nSPS) is 17.5. The Bertz CT molecular complexity index is 149. The molecule has 0 aromatic carbocycles. The fourth-order valence-corrected chi connectivity index (χ4v) is 1.22. The van der Waals surface area contributed by atoms with Crippen LogP contribution >= 0.6 is 0 Å². The lowest BCUT2D eigenvalue weighted by molar-refractivity contribution is -0.0129. The van der Waals surface area contributed by atoms with Gasteiger partial charge in [-0.1, -0.05) is 34.6 Å². The molecule has 3 N–H and O–H groups in total. The molecule has 0 aliphatic heterocycles. The van der Waals surface area contributed by atoms with Gasteiger partial charge in [0, 0.05) is 6.54 Å². The average Bonchev–Trinajstić information content (AvgIpc) is 1.98. The Morgan fingerprint density at radius 3 is 1.85 bits per heavy atom. The number of hydrogen-bond acceptors (Lipinski definition) is 2. The minimum absolute atomic E-state index is 0.236. The van der Waals surface area contributed by atoms with Crippen molar-refractivity contribution in [2.75, 3.05) is 6.54 Å². The van der Waals surface area contributed by atoms with Crippen LogP contribution in [0.3, 0.4) is 0 Å². The Labute approximate surface area is 82.5 Å². The summed E-state index contributed by atoms with van der Waals surface area (Å²) in [6.45, 7) is 11.0. The molecule has 0 fully saturated rings. The van der Waals surface area contributed by atoms with Crippen molar-refractivity contribution in [3.05, 3.63) is 0 Å². The Kier molecular flexibility index (Phi) is 4.40. The third kappa shape index (κ3) is 4.63. The third-order valence-corrected chi connectivity index (χ3v) is 2.74. The molecule has 0 aliphatic carbocycles. The third-order valence-electron chi connectivity index (χ3n) is 2.74. The van der Waals surface area contributed by atoms with Gasteiger partial charge in [-0.2, -0.15) is 0 Å². The number of nitrogens with two attached hydrogens (primary N) is 1. The fourth-order valence-electron chi connectivity index (χ4n) is 1.22. The van der Waals surface area contributed by atoms with E-state index < -0.39 is 5.60 Å². The van der Waals surface area contributed by atoms with Crippen molar-refractivity contribution < 1.29 is 5.11 Å². The molecule has 0 rings (SSSR count). The second kappa shape index (κ2) is 4.43. The molecule has 0 saturated carbocycles. The van der Waals surface area contributed by atoms with Gasteiger partial charge in [0.15, 0.2) is 0 Å². The largest absolute Gasteiger partial charge is 0.388 e. The molecule has 0 saturated heterocycles. The maximum absolute atomic E-state index is 10.1. The summed E-state index contributed by atoms with van der Waals surface area (Å²) in [4.78, 5) is 0. The monoisotopic (exact) mass is 187 g/mol. The van der Waals surface area contributed by atoms with E-state index in [1.54, 1.807) is 0 Å². The van der Waals surface area contributed by atoms with Crippen LogP contribution < -0.4 is 5.73 Å². The molecule has 0 aliphatic rings. The van der Waals surface area contributed by atoms with Crippen molar-refractivity contribution in [3.63, 3.8) is 0 Å². The summed E-state index contributed by atoms with van der Waals surface area (Å²) in [6, 6.07) is 0. The van der Waals surface area contributed by atoms with Gasteiger partial charge in [-0.3, -0.25) is 0 Å². The number of aliphatic hydroxyl groups is 1. The Balaban J connectivity index is 4.14. The summed E-state index contributed by atoms with van der Waals surface area (Å²) in [6.07, 6.45) is 1.81. The molecule has 0 radical (unpaired) electrons. The van der Waals surface area contributed by atoms with Crippen LogP contribution in [-0.2, 0) is 0 Å². The predicted octanol–water partition coefficient (Wildman–Crippen LogP) is 2.16. The maximum Gasteiger partial charge on any atom is 0.0792 e. The highest BCUT2D eigenvalue weighted by atomic mass is 16.3. The Morgan fingerprint density at radius 2 is 1.62 bits per heavy atom. The second-order valence-corrected chi connectivity index (χ2v) is 5.52. The number of hydrogen-bond donors (Lipinski definition) is 2. The van der Waals surface area contributed by atoms with Crippen molar-refractivity contribution >= 4 is 0 Å². The van der Waals surface area contributed by atoms with E-state index in [4.69, 9.17) is 5.73 Å². The molecule has 0 spiro atoms. The van der Waals surface area contributed by atoms with Crippen molar-refractivity contribution in [3.8, 4) is 0 Å². The lowest BCUT2D eigenvalue weighted by atomic mass is 9.80. The molecule has 0 aromatic heterocycles. The van der Waals surface area contributed by atoms with Crippen LogP contribution in [0.15, 0.2) is 0 Å². The summed E-state index contributed by atoms with van der Waals surface area (Å²) in [5, 5.41) is 10.1. The quantitative estimate of drug-likeness (QED) is 0.708. The zero-order valence-electron chi connectivity index (χ0n) is 9.72. The minimum atomic E-state index is -0.673. The summed E-state index contributed by atoms with van der Waals surface area (Å²) in [7, 11) is 0. The molecule has 1 atom stereocenters. The zero-order chi connectivity index (χ0) is 10.7. The van der Waals surface area contributed by atoms with Gasteiger partial charge in [0.1, 0.15) is 0 Å². The van der Waals surface area contributed by atoms with Crippen molar-refractivity contribution in [2.45, 2.75) is 53.1 Å². The molecule has 13 heavy (non-hydrogen) atoms. The van der Waals surface area contributed by atoms with E-state index >= 15 is 0 Å². The molecule has 0 amide bonds. The highest BCUT2D eigenvalue weighted by Crippen LogP contribution is 2.29. The highest BCUT2D eigenvalue weighted by molar-refractivity contribution is 4.84. The zero-order valence-corrected chi connectivity index (χ0v) is 9.72. The molecule has 1 unspecified atom stereocenters. The van der Waals surface area contributed by atoms with E-state index in [0.29, 0.717) is 6.54 Å². The molecule has 0 bridgehead atoms. The SMILES string of the molecule is CC(C)C(O)(CN)CCC(C)(C)C. The molecular formula is C11H25NO. The molecule has 0 heterocycles. The van der Waals surface area contributed by atoms with Crippen molar-refractivity contribution in [1.29, 1.82) is 0 Å². The van der Waals surface area contributed by atoms with E-state index in [1.165, 1.54) is 0 Å². The van der Waals surface area contributed by atoms with Gasteiger partial charge in [-0.05, 0) is 24.2 Å². The van der Waals surface area contributed by atoms with Crippen LogP contribution in [0.5, 0.6) is 0 Å². The van der Waals surface area contributed by atoms with Crippen LogP contribution in [0, 0.1) is 11.3 Å². The van der Waals surface area contributed by atoms with E-state index in [1.807, 2.05) is 13.8 Å². The van der Waals surface area contributed by atoms with Crippen molar-refractivity contribution in [2.24, 2.45) is 17.1 Å². The Morgan fingerprint density at radius 1 is 1.15 bits per heavy atom. The lowest BCUT2D eigenvalue weighted by Crippen LogP contribution is -2.43. The first-order valence-corrected chi connectivity index (χ1v) is 5.14. The first-order chi connectivity index (χ1) is 5.71. The second-order valence-electron chi connectivity index (χ2n) is 5.52. The maximum atomic E-state index is 10.1. The first kappa shape index (κ1) is 12.9. The van der Waals surface area contributed by atoms with Gasteiger partial charge >= 0.3 is 0 Å². The topological polar surface area (TPSA) is 46.2 Å². The molecule has 0 aromatic rings. The van der Waals surface area contributed by atoms with Crippen LogP contribution in [-0.4, -0.2) is 17.3 Å². The van der Waals surface area contributed by atoms with Crippen LogP contribution in [0.2, 0.25) is 0 Å². The van der Waals surface area contributed by atoms with Gasteiger partial charge in [-0.15, -0.1) is 0 Å². The first-order valence-electron chi connectivity index (χ1n) is 5.14. The van der Waals surface area contributed by atoms with Gasteiger partial charge in [-0.25, -0.2) is 0 Å². The van der Waals surface area contributed by atoms with E-state index in [0.717, 1.165) is 12.8 Å². The number of rotatable bonds is 4. The van der Waals surface area contributed by atoms with Crippen LogP contribution in [0.25, 0.3) is 0 Å². The average molecular weight is 187 g/mol. The summed E-state index contributed by atoms with van der Waals surface area (Å²) >= 11 is 0. The smallest absolute Gasteiger partial charge is 0.0792 e. The fraction of sp³-hybridized carbons (Fsp3) is 1.00. The van der Waals surface area contributed by atoms with Crippen LogP contribution in [0.4, 0.5) is 0 Å².